The van der Waals surface area contributed by atoms with E-state index in [1.165, 1.54) is 5.56 Å². The van der Waals surface area contributed by atoms with E-state index >= 15 is 0 Å². The fourth-order valence-electron chi connectivity index (χ4n) is 1.69. The molecule has 2 nitrogen and oxygen atoms in total. The Bertz CT molecular complexity index is 336. The number of rotatable bonds is 5. The van der Waals surface area contributed by atoms with Crippen LogP contribution in [0.4, 0.5) is 0 Å². The molecule has 0 aliphatic carbocycles. The van der Waals surface area contributed by atoms with E-state index in [1.807, 2.05) is 7.05 Å². The smallest absolute Gasteiger partial charge is 0.0278 e. The van der Waals surface area contributed by atoms with E-state index in [-0.39, 0.29) is 5.54 Å². The molecule has 0 saturated carbocycles. The van der Waals surface area contributed by atoms with Crippen molar-refractivity contribution in [1.29, 1.82) is 0 Å². The lowest BCUT2D eigenvalue weighted by Crippen LogP contribution is -2.47. The number of nitrogens with zero attached hydrogens (tertiary/aromatic N) is 1. The van der Waals surface area contributed by atoms with Crippen molar-refractivity contribution in [3.8, 4) is 0 Å². The molecule has 3 heteroatoms. The molecule has 0 fully saturated rings. The number of likely N-dealkylation sites (N-methyl/N-ethyl adjacent to an activating group) is 2. The molecule has 0 unspecified atom stereocenters. The van der Waals surface area contributed by atoms with Crippen LogP contribution in [0.15, 0.2) is 28.7 Å². The van der Waals surface area contributed by atoms with Gasteiger partial charge in [-0.1, -0.05) is 28.1 Å². The zero-order valence-corrected chi connectivity index (χ0v) is 12.1. The molecule has 1 N–H and O–H groups in total. The molecule has 16 heavy (non-hydrogen) atoms. The third-order valence-corrected chi connectivity index (χ3v) is 3.44. The molecule has 0 saturated heterocycles. The summed E-state index contributed by atoms with van der Waals surface area (Å²) in [6.07, 6.45) is 0. The Morgan fingerprint density at radius 2 is 2.06 bits per heavy atom. The van der Waals surface area contributed by atoms with Gasteiger partial charge in [0.1, 0.15) is 0 Å². The highest BCUT2D eigenvalue weighted by Crippen LogP contribution is 2.17. The Kier molecular flexibility index (Phi) is 4.96. The highest BCUT2D eigenvalue weighted by molar-refractivity contribution is 9.10. The van der Waals surface area contributed by atoms with E-state index in [0.29, 0.717) is 0 Å². The summed E-state index contributed by atoms with van der Waals surface area (Å²) in [4.78, 5) is 2.37. The second kappa shape index (κ2) is 5.80. The Morgan fingerprint density at radius 1 is 1.38 bits per heavy atom. The van der Waals surface area contributed by atoms with Gasteiger partial charge < -0.3 is 5.32 Å². The monoisotopic (exact) mass is 284 g/mol. The van der Waals surface area contributed by atoms with Crippen LogP contribution in [0.5, 0.6) is 0 Å². The standard InChI is InChI=1S/C13H21BrN2/c1-13(2,10-15-3)16(4)9-11-6-5-7-12(14)8-11/h5-8,15H,9-10H2,1-4H3. The maximum absolute atomic E-state index is 3.50. The lowest BCUT2D eigenvalue weighted by molar-refractivity contribution is 0.147. The first-order valence-corrected chi connectivity index (χ1v) is 6.35. The van der Waals surface area contributed by atoms with Crippen LogP contribution in [0.3, 0.4) is 0 Å². The van der Waals surface area contributed by atoms with Crippen molar-refractivity contribution in [2.75, 3.05) is 20.6 Å². The maximum atomic E-state index is 3.50. The first-order valence-electron chi connectivity index (χ1n) is 5.56. The average molecular weight is 285 g/mol. The van der Waals surface area contributed by atoms with Gasteiger partial charge in [0.05, 0.1) is 0 Å². The van der Waals surface area contributed by atoms with Crippen molar-refractivity contribution in [3.05, 3.63) is 34.3 Å². The fraction of sp³-hybridized carbons (Fsp3) is 0.538. The summed E-state index contributed by atoms with van der Waals surface area (Å²) < 4.78 is 1.14. The Hall–Kier alpha value is -0.380. The van der Waals surface area contributed by atoms with Crippen LogP contribution in [0.2, 0.25) is 0 Å². The van der Waals surface area contributed by atoms with Crippen LogP contribution in [0.1, 0.15) is 19.4 Å². The molecule has 0 radical (unpaired) electrons. The van der Waals surface area contributed by atoms with Crippen LogP contribution < -0.4 is 5.32 Å². The highest BCUT2D eigenvalue weighted by atomic mass is 79.9. The van der Waals surface area contributed by atoms with Crippen molar-refractivity contribution >= 4 is 15.9 Å². The predicted octanol–water partition coefficient (Wildman–Crippen LogP) is 2.88. The van der Waals surface area contributed by atoms with Gasteiger partial charge in [-0.25, -0.2) is 0 Å². The topological polar surface area (TPSA) is 15.3 Å². The minimum atomic E-state index is 0.164. The molecule has 0 bridgehead atoms. The zero-order valence-electron chi connectivity index (χ0n) is 10.5. The molecule has 0 atom stereocenters. The summed E-state index contributed by atoms with van der Waals surface area (Å²) in [6, 6.07) is 8.48. The molecule has 90 valence electrons. The maximum Gasteiger partial charge on any atom is 0.0278 e. The van der Waals surface area contributed by atoms with Crippen LogP contribution in [-0.4, -0.2) is 31.1 Å². The summed E-state index contributed by atoms with van der Waals surface area (Å²) >= 11 is 3.50. The average Bonchev–Trinajstić information content (AvgIpc) is 2.17. The molecule has 0 spiro atoms. The molecule has 0 aliphatic heterocycles. The highest BCUT2D eigenvalue weighted by Gasteiger charge is 2.22. The van der Waals surface area contributed by atoms with Gasteiger partial charge in [-0.15, -0.1) is 0 Å². The molecule has 0 aliphatic rings. The van der Waals surface area contributed by atoms with E-state index in [9.17, 15) is 0 Å². The van der Waals surface area contributed by atoms with Crippen molar-refractivity contribution in [2.24, 2.45) is 0 Å². The number of hydrogen-bond donors (Lipinski definition) is 1. The van der Waals surface area contributed by atoms with Gasteiger partial charge in [-0.2, -0.15) is 0 Å². The minimum Gasteiger partial charge on any atom is -0.318 e. The number of hydrogen-bond acceptors (Lipinski definition) is 2. The van der Waals surface area contributed by atoms with Gasteiger partial charge in [0.2, 0.25) is 0 Å². The minimum absolute atomic E-state index is 0.164. The van der Waals surface area contributed by atoms with Crippen LogP contribution in [-0.2, 0) is 6.54 Å². The van der Waals surface area contributed by atoms with E-state index in [1.54, 1.807) is 0 Å². The lowest BCUT2D eigenvalue weighted by Gasteiger charge is -2.35. The second-order valence-corrected chi connectivity index (χ2v) is 5.74. The Morgan fingerprint density at radius 3 is 2.62 bits per heavy atom. The lowest BCUT2D eigenvalue weighted by atomic mass is 10.0. The van der Waals surface area contributed by atoms with Crippen LogP contribution >= 0.6 is 15.9 Å². The summed E-state index contributed by atoms with van der Waals surface area (Å²) in [5, 5.41) is 3.24. The SMILES string of the molecule is CNCC(C)(C)N(C)Cc1cccc(Br)c1. The number of benzene rings is 1. The van der Waals surface area contributed by atoms with Gasteiger partial charge >= 0.3 is 0 Å². The van der Waals surface area contributed by atoms with Crippen LogP contribution in [0, 0.1) is 0 Å². The molecule has 1 rings (SSSR count). The molecule has 1 aromatic rings. The van der Waals surface area contributed by atoms with Crippen molar-refractivity contribution < 1.29 is 0 Å². The Labute approximate surface area is 107 Å². The van der Waals surface area contributed by atoms with Crippen molar-refractivity contribution in [3.63, 3.8) is 0 Å². The summed E-state index contributed by atoms with van der Waals surface area (Å²) in [5.41, 5.74) is 1.50. The zero-order chi connectivity index (χ0) is 12.2. The Balaban J connectivity index is 2.67. The largest absolute Gasteiger partial charge is 0.318 e. The molecule has 1 aromatic carbocycles. The van der Waals surface area contributed by atoms with Crippen LogP contribution in [0.25, 0.3) is 0 Å². The molecular formula is C13H21BrN2. The number of halogens is 1. The molecule has 0 heterocycles. The summed E-state index contributed by atoms with van der Waals surface area (Å²) in [6.45, 7) is 6.45. The molecule has 0 aromatic heterocycles. The molecular weight excluding hydrogens is 264 g/mol. The molecule has 0 amide bonds. The van der Waals surface area contributed by atoms with Crippen molar-refractivity contribution in [1.82, 2.24) is 10.2 Å². The summed E-state index contributed by atoms with van der Waals surface area (Å²) in [7, 11) is 4.16. The quantitative estimate of drug-likeness (QED) is 0.895. The van der Waals surface area contributed by atoms with E-state index in [0.717, 1.165) is 17.6 Å². The van der Waals surface area contributed by atoms with E-state index in [2.05, 4.69) is 71.3 Å². The predicted molar refractivity (Wildman–Crippen MR) is 73.6 cm³/mol. The van der Waals surface area contributed by atoms with Gasteiger partial charge in [0.15, 0.2) is 0 Å². The van der Waals surface area contributed by atoms with E-state index in [4.69, 9.17) is 0 Å². The first kappa shape index (κ1) is 13.7. The van der Waals surface area contributed by atoms with E-state index < -0.39 is 0 Å². The third-order valence-electron chi connectivity index (χ3n) is 2.95. The first-order chi connectivity index (χ1) is 7.45. The van der Waals surface area contributed by atoms with Gasteiger partial charge in [-0.05, 0) is 45.6 Å². The van der Waals surface area contributed by atoms with Gasteiger partial charge in [-0.3, -0.25) is 4.90 Å². The van der Waals surface area contributed by atoms with Gasteiger partial charge in [0.25, 0.3) is 0 Å². The fourth-order valence-corrected chi connectivity index (χ4v) is 2.14. The normalized spacial score (nSPS) is 12.1. The number of nitrogens with one attached hydrogen (secondary N) is 1. The summed E-state index contributed by atoms with van der Waals surface area (Å²) in [5.74, 6) is 0. The second-order valence-electron chi connectivity index (χ2n) is 4.83. The van der Waals surface area contributed by atoms with Crippen molar-refractivity contribution in [2.45, 2.75) is 25.9 Å². The van der Waals surface area contributed by atoms with Gasteiger partial charge in [0, 0.05) is 23.1 Å². The third kappa shape index (κ3) is 3.89.